The minimum Gasteiger partial charge on any atom is -0.382 e. The second-order valence-electron chi connectivity index (χ2n) is 2.93. The topological polar surface area (TPSA) is 54.7 Å². The Bertz CT molecular complexity index is 510. The first-order valence-electron chi connectivity index (χ1n) is 4.04. The van der Waals surface area contributed by atoms with Gasteiger partial charge >= 0.3 is 0 Å². The van der Waals surface area contributed by atoms with E-state index in [9.17, 15) is 8.78 Å². The minimum atomic E-state index is -0.833. The van der Waals surface area contributed by atoms with E-state index >= 15 is 0 Å². The molecule has 1 aromatic carbocycles. The van der Waals surface area contributed by atoms with Gasteiger partial charge in [0.15, 0.2) is 5.82 Å². The average molecular weight is 230 g/mol. The van der Waals surface area contributed by atoms with Gasteiger partial charge in [0.1, 0.15) is 16.7 Å². The molecule has 0 spiro atoms. The summed E-state index contributed by atoms with van der Waals surface area (Å²) in [7, 11) is 0. The van der Waals surface area contributed by atoms with Gasteiger partial charge in [-0.2, -0.15) is 5.10 Å². The van der Waals surface area contributed by atoms with Crippen LogP contribution in [0.5, 0.6) is 0 Å². The highest BCUT2D eigenvalue weighted by molar-refractivity contribution is 6.31. The van der Waals surface area contributed by atoms with E-state index in [-0.39, 0.29) is 11.4 Å². The van der Waals surface area contributed by atoms with Crippen molar-refractivity contribution in [3.8, 4) is 11.3 Å². The molecule has 2 rings (SSSR count). The molecule has 0 atom stereocenters. The molecule has 78 valence electrons. The van der Waals surface area contributed by atoms with E-state index in [1.54, 1.807) is 0 Å². The maximum absolute atomic E-state index is 13.5. The molecular formula is C9H6ClF2N3. The summed E-state index contributed by atoms with van der Waals surface area (Å²) in [4.78, 5) is 0. The normalized spacial score (nSPS) is 10.6. The molecule has 0 radical (unpaired) electrons. The number of rotatable bonds is 1. The fourth-order valence-corrected chi connectivity index (χ4v) is 1.37. The lowest BCUT2D eigenvalue weighted by atomic mass is 10.1. The van der Waals surface area contributed by atoms with Gasteiger partial charge in [-0.25, -0.2) is 8.78 Å². The largest absolute Gasteiger partial charge is 0.382 e. The van der Waals surface area contributed by atoms with Crippen LogP contribution >= 0.6 is 11.6 Å². The molecular weight excluding hydrogens is 224 g/mol. The van der Waals surface area contributed by atoms with Crippen LogP contribution in [-0.2, 0) is 0 Å². The highest BCUT2D eigenvalue weighted by Gasteiger charge is 2.14. The van der Waals surface area contributed by atoms with E-state index in [1.807, 2.05) is 0 Å². The number of nitrogens with two attached hydrogens (primary N) is 1. The number of aromatic amines is 1. The van der Waals surface area contributed by atoms with E-state index in [0.717, 1.165) is 6.07 Å². The van der Waals surface area contributed by atoms with Crippen LogP contribution in [0.15, 0.2) is 18.2 Å². The van der Waals surface area contributed by atoms with Gasteiger partial charge < -0.3 is 5.73 Å². The minimum absolute atomic E-state index is 0.130. The number of hydrogen-bond acceptors (Lipinski definition) is 2. The molecule has 0 aliphatic heterocycles. The number of benzene rings is 1. The number of H-pyrrole nitrogens is 1. The van der Waals surface area contributed by atoms with Gasteiger partial charge in [-0.1, -0.05) is 11.6 Å². The summed E-state index contributed by atoms with van der Waals surface area (Å²) in [5.41, 5.74) is 5.85. The van der Waals surface area contributed by atoms with Crippen LogP contribution in [0.3, 0.4) is 0 Å². The Kier molecular flexibility index (Phi) is 2.32. The standard InChI is InChI=1S/C9H6ClF2N3/c10-8-5(11)2-1-4(9(8)12)6-3-7(13)15-14-6/h1-3H,(H3,13,14,15). The van der Waals surface area contributed by atoms with Gasteiger partial charge in [-0.15, -0.1) is 0 Å². The molecule has 15 heavy (non-hydrogen) atoms. The van der Waals surface area contributed by atoms with Gasteiger partial charge in [0.2, 0.25) is 0 Å². The summed E-state index contributed by atoms with van der Waals surface area (Å²) in [6.07, 6.45) is 0. The molecule has 0 aliphatic carbocycles. The number of nitrogen functional groups attached to an aromatic ring is 1. The van der Waals surface area contributed by atoms with Crippen LogP contribution in [0.1, 0.15) is 0 Å². The predicted molar refractivity (Wildman–Crippen MR) is 53.4 cm³/mol. The summed E-state index contributed by atoms with van der Waals surface area (Å²) >= 11 is 5.42. The fourth-order valence-electron chi connectivity index (χ4n) is 1.21. The summed E-state index contributed by atoms with van der Waals surface area (Å²) in [6, 6.07) is 3.79. The third kappa shape index (κ3) is 1.66. The van der Waals surface area contributed by atoms with E-state index in [2.05, 4.69) is 10.2 Å². The molecule has 3 nitrogen and oxygen atoms in total. The molecule has 0 saturated carbocycles. The molecule has 1 heterocycles. The zero-order valence-electron chi connectivity index (χ0n) is 7.39. The van der Waals surface area contributed by atoms with Crippen LogP contribution in [0, 0.1) is 11.6 Å². The third-order valence-corrected chi connectivity index (χ3v) is 2.27. The van der Waals surface area contributed by atoms with Gasteiger partial charge in [0, 0.05) is 11.6 Å². The number of halogens is 3. The quantitative estimate of drug-likeness (QED) is 0.739. The van der Waals surface area contributed by atoms with Crippen molar-refractivity contribution in [2.24, 2.45) is 0 Å². The SMILES string of the molecule is Nc1cc(-c2ccc(F)c(Cl)c2F)[nH]n1. The Hall–Kier alpha value is -1.62. The molecule has 1 aromatic heterocycles. The van der Waals surface area contributed by atoms with E-state index in [1.165, 1.54) is 12.1 Å². The number of hydrogen-bond donors (Lipinski definition) is 2. The highest BCUT2D eigenvalue weighted by atomic mass is 35.5. The van der Waals surface area contributed by atoms with Crippen LogP contribution in [0.25, 0.3) is 11.3 Å². The van der Waals surface area contributed by atoms with Crippen LogP contribution < -0.4 is 5.73 Å². The number of nitrogens with one attached hydrogen (secondary N) is 1. The molecule has 0 bridgehead atoms. The van der Waals surface area contributed by atoms with Crippen molar-refractivity contribution in [1.29, 1.82) is 0 Å². The van der Waals surface area contributed by atoms with E-state index in [4.69, 9.17) is 17.3 Å². The Labute approximate surface area is 88.9 Å². The predicted octanol–water partition coefficient (Wildman–Crippen LogP) is 2.59. The second-order valence-corrected chi connectivity index (χ2v) is 3.31. The molecule has 2 aromatic rings. The van der Waals surface area contributed by atoms with Crippen LogP contribution in [-0.4, -0.2) is 10.2 Å². The van der Waals surface area contributed by atoms with Crippen molar-refractivity contribution in [1.82, 2.24) is 10.2 Å². The number of nitrogens with zero attached hydrogens (tertiary/aromatic N) is 1. The van der Waals surface area contributed by atoms with Crippen LogP contribution in [0.4, 0.5) is 14.6 Å². The van der Waals surface area contributed by atoms with Crippen molar-refractivity contribution in [2.75, 3.05) is 5.73 Å². The Morgan fingerprint density at radius 2 is 2.07 bits per heavy atom. The van der Waals surface area contributed by atoms with Crippen molar-refractivity contribution in [2.45, 2.75) is 0 Å². The van der Waals surface area contributed by atoms with Crippen molar-refractivity contribution < 1.29 is 8.78 Å². The molecule has 0 saturated heterocycles. The van der Waals surface area contributed by atoms with Crippen LogP contribution in [0.2, 0.25) is 5.02 Å². The molecule has 3 N–H and O–H groups in total. The molecule has 6 heteroatoms. The van der Waals surface area contributed by atoms with Crippen molar-refractivity contribution in [3.05, 3.63) is 34.9 Å². The van der Waals surface area contributed by atoms with Gasteiger partial charge in [0.05, 0.1) is 5.69 Å². The van der Waals surface area contributed by atoms with Gasteiger partial charge in [-0.05, 0) is 12.1 Å². The Morgan fingerprint density at radius 3 is 2.67 bits per heavy atom. The van der Waals surface area contributed by atoms with Crippen molar-refractivity contribution >= 4 is 17.4 Å². The Morgan fingerprint density at radius 1 is 1.33 bits per heavy atom. The first-order valence-corrected chi connectivity index (χ1v) is 4.42. The second kappa shape index (κ2) is 3.51. The zero-order chi connectivity index (χ0) is 11.0. The van der Waals surface area contributed by atoms with Gasteiger partial charge in [-0.3, -0.25) is 5.10 Å². The zero-order valence-corrected chi connectivity index (χ0v) is 8.15. The number of aromatic nitrogens is 2. The Balaban J connectivity index is 2.59. The maximum atomic E-state index is 13.5. The van der Waals surface area contributed by atoms with Crippen molar-refractivity contribution in [3.63, 3.8) is 0 Å². The van der Waals surface area contributed by atoms with E-state index < -0.39 is 16.7 Å². The highest BCUT2D eigenvalue weighted by Crippen LogP contribution is 2.28. The summed E-state index contributed by atoms with van der Waals surface area (Å²) < 4.78 is 26.4. The fraction of sp³-hybridized carbons (Fsp3) is 0. The maximum Gasteiger partial charge on any atom is 0.154 e. The summed E-state index contributed by atoms with van der Waals surface area (Å²) in [5.74, 6) is -1.41. The molecule has 0 unspecified atom stereocenters. The monoisotopic (exact) mass is 229 g/mol. The molecule has 0 amide bonds. The molecule has 0 fully saturated rings. The number of anilines is 1. The average Bonchev–Trinajstić information content (AvgIpc) is 2.61. The molecule has 0 aliphatic rings. The smallest absolute Gasteiger partial charge is 0.154 e. The first kappa shape index (κ1) is 9.92. The lowest BCUT2D eigenvalue weighted by molar-refractivity contribution is 0.586. The first-order chi connectivity index (χ1) is 7.09. The van der Waals surface area contributed by atoms with E-state index in [0.29, 0.717) is 5.69 Å². The van der Waals surface area contributed by atoms with Gasteiger partial charge in [0.25, 0.3) is 0 Å². The summed E-state index contributed by atoms with van der Waals surface area (Å²) in [6.45, 7) is 0. The lowest BCUT2D eigenvalue weighted by Gasteiger charge is -2.02. The third-order valence-electron chi connectivity index (χ3n) is 1.92. The summed E-state index contributed by atoms with van der Waals surface area (Å²) in [5, 5.41) is 5.61. The lowest BCUT2D eigenvalue weighted by Crippen LogP contribution is -1.89.